The van der Waals surface area contributed by atoms with Crippen molar-refractivity contribution in [3.05, 3.63) is 176 Å². The molecule has 0 aliphatic heterocycles. The number of fused-ring (bicyclic) bond motifs is 6. The molecule has 0 aliphatic rings. The molecule has 0 amide bonds. The first-order valence-corrected chi connectivity index (χ1v) is 17.0. The molecule has 0 radical (unpaired) electrons. The van der Waals surface area contributed by atoms with Gasteiger partial charge in [0, 0.05) is 49.7 Å². The summed E-state index contributed by atoms with van der Waals surface area (Å²) in [6.45, 7) is 0. The zero-order chi connectivity index (χ0) is 33.7. The standard InChI is InChI=1S/C45H30N6/c1-4-14-30(15-5-1)43-47-44(31-16-6-2-7-17-31)49-45(48-43)51-40-23-13-11-21-36(40)38-27-25-33(29-42(38)51)46-32-24-26-37-35-20-10-12-22-39(35)50(41(37)28-32)34-18-8-3-9-19-34/h1-29,46H. The van der Waals surface area contributed by atoms with E-state index >= 15 is 0 Å². The second kappa shape index (κ2) is 11.8. The van der Waals surface area contributed by atoms with E-state index in [1.807, 2.05) is 60.7 Å². The van der Waals surface area contributed by atoms with E-state index in [9.17, 15) is 0 Å². The largest absolute Gasteiger partial charge is 0.355 e. The molecule has 10 rings (SSSR count). The lowest BCUT2D eigenvalue weighted by molar-refractivity contribution is 0.953. The van der Waals surface area contributed by atoms with Crippen LogP contribution < -0.4 is 5.32 Å². The van der Waals surface area contributed by atoms with Crippen LogP contribution in [0.4, 0.5) is 11.4 Å². The van der Waals surface area contributed by atoms with Crippen molar-refractivity contribution in [3.8, 4) is 34.4 Å². The van der Waals surface area contributed by atoms with Crippen LogP contribution in [-0.2, 0) is 0 Å². The summed E-state index contributed by atoms with van der Waals surface area (Å²) < 4.78 is 4.50. The van der Waals surface area contributed by atoms with Crippen LogP contribution in [0.15, 0.2) is 176 Å². The fraction of sp³-hybridized carbons (Fsp3) is 0. The van der Waals surface area contributed by atoms with Crippen molar-refractivity contribution < 1.29 is 0 Å². The van der Waals surface area contributed by atoms with E-state index in [-0.39, 0.29) is 0 Å². The van der Waals surface area contributed by atoms with E-state index in [0.717, 1.165) is 55.5 Å². The third-order valence-corrected chi connectivity index (χ3v) is 9.54. The molecule has 0 fully saturated rings. The molecular formula is C45H30N6. The second-order valence-corrected chi connectivity index (χ2v) is 12.6. The van der Waals surface area contributed by atoms with E-state index in [1.54, 1.807) is 0 Å². The van der Waals surface area contributed by atoms with Gasteiger partial charge in [0.25, 0.3) is 0 Å². The van der Waals surface area contributed by atoms with Gasteiger partial charge in [-0.1, -0.05) is 127 Å². The zero-order valence-electron chi connectivity index (χ0n) is 27.5. The molecule has 0 aliphatic carbocycles. The van der Waals surface area contributed by atoms with Gasteiger partial charge in [0.05, 0.1) is 22.1 Å². The topological polar surface area (TPSA) is 60.6 Å². The summed E-state index contributed by atoms with van der Waals surface area (Å²) in [5, 5.41) is 8.44. The van der Waals surface area contributed by atoms with E-state index in [2.05, 4.69) is 130 Å². The van der Waals surface area contributed by atoms with Gasteiger partial charge in [-0.2, -0.15) is 9.97 Å². The lowest BCUT2D eigenvalue weighted by Crippen LogP contribution is -2.06. The van der Waals surface area contributed by atoms with Gasteiger partial charge in [-0.25, -0.2) is 4.98 Å². The number of para-hydroxylation sites is 3. The van der Waals surface area contributed by atoms with Gasteiger partial charge >= 0.3 is 0 Å². The molecule has 7 aromatic carbocycles. The highest BCUT2D eigenvalue weighted by atomic mass is 15.2. The Bertz CT molecular complexity index is 2820. The van der Waals surface area contributed by atoms with Crippen molar-refractivity contribution in [2.75, 3.05) is 5.32 Å². The van der Waals surface area contributed by atoms with E-state index in [0.29, 0.717) is 17.6 Å². The molecule has 6 heteroatoms. The normalized spacial score (nSPS) is 11.5. The fourth-order valence-electron chi connectivity index (χ4n) is 7.23. The molecule has 0 unspecified atom stereocenters. The molecule has 0 saturated heterocycles. The summed E-state index contributed by atoms with van der Waals surface area (Å²) in [6, 6.07) is 60.9. The minimum atomic E-state index is 0.569. The Balaban J connectivity index is 1.14. The monoisotopic (exact) mass is 654 g/mol. The first kappa shape index (κ1) is 28.9. The maximum atomic E-state index is 5.10. The van der Waals surface area contributed by atoms with Gasteiger partial charge in [0.15, 0.2) is 11.6 Å². The Morgan fingerprint density at radius 2 is 0.784 bits per heavy atom. The summed E-state index contributed by atoms with van der Waals surface area (Å²) in [6.07, 6.45) is 0. The van der Waals surface area contributed by atoms with Crippen LogP contribution in [0.25, 0.3) is 78.0 Å². The molecule has 1 N–H and O–H groups in total. The fourth-order valence-corrected chi connectivity index (χ4v) is 7.23. The van der Waals surface area contributed by atoms with Crippen LogP contribution in [0.2, 0.25) is 0 Å². The predicted molar refractivity (Wildman–Crippen MR) is 209 cm³/mol. The Kier molecular flexibility index (Phi) is 6.70. The first-order chi connectivity index (χ1) is 25.3. The average Bonchev–Trinajstić information content (AvgIpc) is 3.71. The molecule has 0 atom stereocenters. The summed E-state index contributed by atoms with van der Waals surface area (Å²) in [7, 11) is 0. The molecular weight excluding hydrogens is 625 g/mol. The summed E-state index contributed by atoms with van der Waals surface area (Å²) in [4.78, 5) is 15.1. The average molecular weight is 655 g/mol. The molecule has 6 nitrogen and oxygen atoms in total. The van der Waals surface area contributed by atoms with Crippen molar-refractivity contribution >= 4 is 55.0 Å². The van der Waals surface area contributed by atoms with Crippen molar-refractivity contribution in [2.24, 2.45) is 0 Å². The number of aromatic nitrogens is 5. The lowest BCUT2D eigenvalue weighted by Gasteiger charge is -2.12. The molecule has 240 valence electrons. The predicted octanol–water partition coefficient (Wildman–Crippen LogP) is 11.1. The minimum Gasteiger partial charge on any atom is -0.355 e. The van der Waals surface area contributed by atoms with Crippen LogP contribution in [0.3, 0.4) is 0 Å². The molecule has 0 saturated carbocycles. The van der Waals surface area contributed by atoms with Gasteiger partial charge in [0.2, 0.25) is 5.95 Å². The van der Waals surface area contributed by atoms with Crippen molar-refractivity contribution in [3.63, 3.8) is 0 Å². The Hall–Kier alpha value is -7.05. The van der Waals surface area contributed by atoms with Gasteiger partial charge in [-0.15, -0.1) is 0 Å². The second-order valence-electron chi connectivity index (χ2n) is 12.6. The number of rotatable bonds is 6. The van der Waals surface area contributed by atoms with Crippen molar-refractivity contribution in [1.82, 2.24) is 24.1 Å². The number of hydrogen-bond acceptors (Lipinski definition) is 4. The maximum absolute atomic E-state index is 5.10. The molecule has 3 aromatic heterocycles. The SMILES string of the molecule is c1ccc(-c2nc(-c3ccccc3)nc(-n3c4ccccc4c4ccc(Nc5ccc6c7ccccc7n(-c7ccccc7)c6c5)cc43)n2)cc1. The quantitative estimate of drug-likeness (QED) is 0.194. The summed E-state index contributed by atoms with van der Waals surface area (Å²) in [5.41, 5.74) is 9.34. The number of nitrogens with zero attached hydrogens (tertiary/aromatic N) is 5. The number of nitrogens with one attached hydrogen (secondary N) is 1. The van der Waals surface area contributed by atoms with E-state index < -0.39 is 0 Å². The maximum Gasteiger partial charge on any atom is 0.238 e. The van der Waals surface area contributed by atoms with Crippen LogP contribution >= 0.6 is 0 Å². The van der Waals surface area contributed by atoms with Crippen molar-refractivity contribution in [2.45, 2.75) is 0 Å². The Morgan fingerprint density at radius 3 is 1.33 bits per heavy atom. The Morgan fingerprint density at radius 1 is 0.353 bits per heavy atom. The van der Waals surface area contributed by atoms with Gasteiger partial charge in [0.1, 0.15) is 0 Å². The highest BCUT2D eigenvalue weighted by Crippen LogP contribution is 2.37. The highest BCUT2D eigenvalue weighted by Gasteiger charge is 2.19. The first-order valence-electron chi connectivity index (χ1n) is 17.0. The Labute approximate surface area is 293 Å². The third kappa shape index (κ3) is 4.92. The van der Waals surface area contributed by atoms with E-state index in [1.165, 1.54) is 16.3 Å². The molecule has 10 aromatic rings. The number of hydrogen-bond donors (Lipinski definition) is 1. The number of anilines is 2. The van der Waals surface area contributed by atoms with Gasteiger partial charge < -0.3 is 9.88 Å². The van der Waals surface area contributed by atoms with Crippen LogP contribution in [0, 0.1) is 0 Å². The molecule has 3 heterocycles. The number of benzene rings is 7. The van der Waals surface area contributed by atoms with Crippen LogP contribution in [0.5, 0.6) is 0 Å². The third-order valence-electron chi connectivity index (χ3n) is 9.54. The smallest absolute Gasteiger partial charge is 0.238 e. The van der Waals surface area contributed by atoms with Crippen LogP contribution in [-0.4, -0.2) is 24.1 Å². The van der Waals surface area contributed by atoms with Gasteiger partial charge in [-0.05, 0) is 48.5 Å². The molecule has 51 heavy (non-hydrogen) atoms. The molecule has 0 bridgehead atoms. The summed E-state index contributed by atoms with van der Waals surface area (Å²) >= 11 is 0. The summed E-state index contributed by atoms with van der Waals surface area (Å²) in [5.74, 6) is 1.82. The van der Waals surface area contributed by atoms with Crippen molar-refractivity contribution in [1.29, 1.82) is 0 Å². The van der Waals surface area contributed by atoms with Crippen LogP contribution in [0.1, 0.15) is 0 Å². The highest BCUT2D eigenvalue weighted by molar-refractivity contribution is 6.11. The zero-order valence-corrected chi connectivity index (χ0v) is 27.5. The lowest BCUT2D eigenvalue weighted by atomic mass is 10.1. The minimum absolute atomic E-state index is 0.569. The van der Waals surface area contributed by atoms with Gasteiger partial charge in [-0.3, -0.25) is 4.57 Å². The van der Waals surface area contributed by atoms with E-state index in [4.69, 9.17) is 15.0 Å². The molecule has 0 spiro atoms.